The third kappa shape index (κ3) is 5.35. The molecule has 0 spiro atoms. The molecule has 0 aliphatic carbocycles. The predicted octanol–water partition coefficient (Wildman–Crippen LogP) is 3.96. The van der Waals surface area contributed by atoms with Crippen LogP contribution >= 0.6 is 23.7 Å². The van der Waals surface area contributed by atoms with Crippen LogP contribution in [0.4, 0.5) is 5.13 Å². The number of amides is 1. The molecule has 0 radical (unpaired) electrons. The van der Waals surface area contributed by atoms with Crippen LogP contribution in [0.1, 0.15) is 10.4 Å². The molecule has 3 rings (SSSR count). The first-order valence-corrected chi connectivity index (χ1v) is 10.4. The predicted molar refractivity (Wildman–Crippen MR) is 130 cm³/mol. The van der Waals surface area contributed by atoms with Gasteiger partial charge >= 0.3 is 0 Å². The van der Waals surface area contributed by atoms with Gasteiger partial charge in [-0.3, -0.25) is 9.69 Å². The van der Waals surface area contributed by atoms with Crippen molar-refractivity contribution in [3.63, 3.8) is 0 Å². The summed E-state index contributed by atoms with van der Waals surface area (Å²) < 4.78 is 22.5. The number of rotatable bonds is 9. The summed E-state index contributed by atoms with van der Waals surface area (Å²) in [5.74, 6) is 2.20. The SMILES string of the molecule is COc1cc(OC)cc(C(=O)N(CCN(C)C)c2nc3c(OC)ccc(OC)c3s2)c1.Cl. The largest absolute Gasteiger partial charge is 0.497 e. The van der Waals surface area contributed by atoms with E-state index in [2.05, 4.69) is 0 Å². The number of anilines is 1. The molecule has 0 bridgehead atoms. The van der Waals surface area contributed by atoms with Gasteiger partial charge in [-0.15, -0.1) is 12.4 Å². The van der Waals surface area contributed by atoms with Crippen molar-refractivity contribution in [2.75, 3.05) is 60.5 Å². The summed E-state index contributed by atoms with van der Waals surface area (Å²) in [6.45, 7) is 1.12. The Labute approximate surface area is 198 Å². The highest BCUT2D eigenvalue weighted by molar-refractivity contribution is 7.22. The van der Waals surface area contributed by atoms with E-state index in [9.17, 15) is 4.79 Å². The summed E-state index contributed by atoms with van der Waals surface area (Å²) in [6.07, 6.45) is 0. The fourth-order valence-corrected chi connectivity index (χ4v) is 4.16. The molecule has 1 heterocycles. The Morgan fingerprint density at radius 2 is 1.50 bits per heavy atom. The maximum Gasteiger partial charge on any atom is 0.260 e. The molecule has 2 aromatic carbocycles. The van der Waals surface area contributed by atoms with E-state index >= 15 is 0 Å². The highest BCUT2D eigenvalue weighted by Gasteiger charge is 2.24. The van der Waals surface area contributed by atoms with Crippen molar-refractivity contribution in [2.24, 2.45) is 0 Å². The number of hydrogen-bond donors (Lipinski definition) is 0. The second kappa shape index (κ2) is 11.2. The fraction of sp³-hybridized carbons (Fsp3) is 0.364. The standard InChI is InChI=1S/C22H27N3O5S.ClH/c1-24(2)9-10-25(21(26)14-11-15(27-3)13-16(12-14)28-4)22-23-19-17(29-5)7-8-18(30-6)20(19)31-22;/h7-8,11-13H,9-10H2,1-6H3;1H. The Bertz CT molecular complexity index is 1010. The minimum Gasteiger partial charge on any atom is -0.497 e. The molecule has 174 valence electrons. The smallest absolute Gasteiger partial charge is 0.260 e. The van der Waals surface area contributed by atoms with Crippen molar-refractivity contribution in [2.45, 2.75) is 0 Å². The first kappa shape index (κ1) is 25.5. The normalized spacial score (nSPS) is 10.6. The molecular weight excluding hydrogens is 454 g/mol. The first-order valence-electron chi connectivity index (χ1n) is 9.63. The lowest BCUT2D eigenvalue weighted by Crippen LogP contribution is -2.36. The molecule has 10 heteroatoms. The number of hydrogen-bond acceptors (Lipinski definition) is 8. The summed E-state index contributed by atoms with van der Waals surface area (Å²) in [4.78, 5) is 22.0. The van der Waals surface area contributed by atoms with Gasteiger partial charge in [0, 0.05) is 24.7 Å². The number of carbonyl (C=O) groups is 1. The summed E-state index contributed by atoms with van der Waals surface area (Å²) in [6, 6.07) is 8.77. The van der Waals surface area contributed by atoms with Crippen LogP contribution in [0.5, 0.6) is 23.0 Å². The van der Waals surface area contributed by atoms with E-state index in [1.54, 1.807) is 51.5 Å². The van der Waals surface area contributed by atoms with Crippen molar-refractivity contribution in [3.8, 4) is 23.0 Å². The molecule has 3 aromatic rings. The van der Waals surface area contributed by atoms with Gasteiger partial charge in [-0.25, -0.2) is 4.98 Å². The van der Waals surface area contributed by atoms with Gasteiger partial charge in [0.05, 0.1) is 28.4 Å². The van der Waals surface area contributed by atoms with Crippen molar-refractivity contribution in [1.29, 1.82) is 0 Å². The number of methoxy groups -OCH3 is 4. The van der Waals surface area contributed by atoms with E-state index in [0.29, 0.717) is 52.3 Å². The van der Waals surface area contributed by atoms with Gasteiger partial charge in [0.2, 0.25) is 0 Å². The molecule has 32 heavy (non-hydrogen) atoms. The first-order chi connectivity index (χ1) is 14.9. The third-order valence-corrected chi connectivity index (χ3v) is 5.84. The van der Waals surface area contributed by atoms with Gasteiger partial charge in [-0.1, -0.05) is 11.3 Å². The van der Waals surface area contributed by atoms with Gasteiger partial charge in [0.1, 0.15) is 33.2 Å². The average Bonchev–Trinajstić information content (AvgIpc) is 3.22. The number of carbonyl (C=O) groups excluding carboxylic acids is 1. The summed E-state index contributed by atoms with van der Waals surface area (Å²) in [7, 11) is 10.2. The molecular formula is C22H28ClN3O5S. The second-order valence-electron chi connectivity index (χ2n) is 7.01. The van der Waals surface area contributed by atoms with Gasteiger partial charge in [-0.05, 0) is 38.4 Å². The Hall–Kier alpha value is -2.75. The van der Waals surface area contributed by atoms with Gasteiger partial charge in [0.25, 0.3) is 5.91 Å². The highest BCUT2D eigenvalue weighted by atomic mass is 35.5. The molecule has 0 saturated carbocycles. The number of thiazole rings is 1. The number of ether oxygens (including phenoxy) is 4. The number of aromatic nitrogens is 1. The molecule has 0 atom stereocenters. The number of benzene rings is 2. The van der Waals surface area contributed by atoms with Gasteiger partial charge in [-0.2, -0.15) is 0 Å². The molecule has 0 unspecified atom stereocenters. The zero-order valence-electron chi connectivity index (χ0n) is 19.0. The van der Waals surface area contributed by atoms with Gasteiger partial charge < -0.3 is 23.8 Å². The Kier molecular flexibility index (Phi) is 8.94. The van der Waals surface area contributed by atoms with Crippen molar-refractivity contribution >= 4 is 45.0 Å². The highest BCUT2D eigenvalue weighted by Crippen LogP contribution is 2.40. The maximum atomic E-state index is 13.6. The monoisotopic (exact) mass is 481 g/mol. The van der Waals surface area contributed by atoms with Crippen LogP contribution < -0.4 is 23.8 Å². The zero-order chi connectivity index (χ0) is 22.5. The summed E-state index contributed by atoms with van der Waals surface area (Å²) >= 11 is 1.39. The quantitative estimate of drug-likeness (QED) is 0.458. The molecule has 8 nitrogen and oxygen atoms in total. The van der Waals surface area contributed by atoms with Crippen LogP contribution in [0.25, 0.3) is 10.2 Å². The number of fused-ring (bicyclic) bond motifs is 1. The van der Waals surface area contributed by atoms with Crippen molar-refractivity contribution < 1.29 is 23.7 Å². The molecule has 0 aliphatic rings. The van der Waals surface area contributed by atoms with E-state index in [4.69, 9.17) is 23.9 Å². The Balaban J connectivity index is 0.00000363. The number of nitrogens with zero attached hydrogens (tertiary/aromatic N) is 3. The number of halogens is 1. The van der Waals surface area contributed by atoms with Gasteiger partial charge in [0.15, 0.2) is 5.13 Å². The van der Waals surface area contributed by atoms with Crippen LogP contribution in [0.2, 0.25) is 0 Å². The Morgan fingerprint density at radius 3 is 2.03 bits per heavy atom. The number of likely N-dealkylation sites (N-methyl/N-ethyl adjacent to an activating group) is 1. The second-order valence-corrected chi connectivity index (χ2v) is 7.98. The van der Waals surface area contributed by atoms with Crippen LogP contribution in [0.15, 0.2) is 30.3 Å². The lowest BCUT2D eigenvalue weighted by molar-refractivity contribution is 0.0984. The van der Waals surface area contributed by atoms with E-state index < -0.39 is 0 Å². The van der Waals surface area contributed by atoms with Crippen molar-refractivity contribution in [1.82, 2.24) is 9.88 Å². The van der Waals surface area contributed by atoms with Crippen LogP contribution in [-0.2, 0) is 0 Å². The minimum atomic E-state index is -0.198. The lowest BCUT2D eigenvalue weighted by atomic mass is 10.1. The van der Waals surface area contributed by atoms with Crippen LogP contribution in [-0.4, -0.2) is 71.4 Å². The van der Waals surface area contributed by atoms with Crippen LogP contribution in [0.3, 0.4) is 0 Å². The van der Waals surface area contributed by atoms with Crippen molar-refractivity contribution in [3.05, 3.63) is 35.9 Å². The molecule has 0 aliphatic heterocycles. The van der Waals surface area contributed by atoms with E-state index in [1.165, 1.54) is 11.3 Å². The lowest BCUT2D eigenvalue weighted by Gasteiger charge is -2.22. The van der Waals surface area contributed by atoms with E-state index in [1.807, 2.05) is 31.1 Å². The third-order valence-electron chi connectivity index (χ3n) is 4.74. The molecule has 1 amide bonds. The Morgan fingerprint density at radius 1 is 0.906 bits per heavy atom. The fourth-order valence-electron chi connectivity index (χ4n) is 3.06. The summed E-state index contributed by atoms with van der Waals surface area (Å²) in [5, 5.41) is 0.562. The van der Waals surface area contributed by atoms with Crippen LogP contribution in [0, 0.1) is 0 Å². The zero-order valence-corrected chi connectivity index (χ0v) is 20.6. The van der Waals surface area contributed by atoms with E-state index in [-0.39, 0.29) is 18.3 Å². The maximum absolute atomic E-state index is 13.6. The minimum absolute atomic E-state index is 0. The molecule has 0 saturated heterocycles. The molecule has 0 fully saturated rings. The topological polar surface area (TPSA) is 73.4 Å². The average molecular weight is 482 g/mol. The summed E-state index contributed by atoms with van der Waals surface area (Å²) in [5.41, 5.74) is 1.11. The van der Waals surface area contributed by atoms with E-state index in [0.717, 1.165) is 4.70 Å². The molecule has 0 N–H and O–H groups in total. The molecule has 1 aromatic heterocycles.